The van der Waals surface area contributed by atoms with Crippen LogP contribution in [-0.4, -0.2) is 31.7 Å². The zero-order valence-corrected chi connectivity index (χ0v) is 16.5. The van der Waals surface area contributed by atoms with Gasteiger partial charge in [-0.25, -0.2) is 8.42 Å². The van der Waals surface area contributed by atoms with Crippen molar-refractivity contribution in [3.63, 3.8) is 0 Å². The van der Waals surface area contributed by atoms with E-state index in [0.717, 1.165) is 5.56 Å². The maximum absolute atomic E-state index is 12.6. The first-order valence-electron chi connectivity index (χ1n) is 8.71. The molecule has 0 unspecified atom stereocenters. The monoisotopic (exact) mass is 374 g/mol. The standard InChI is InChI=1S/C20H26N2O3S/c1-5-19(16-9-7-6-8-10-16)20(23)21-17-11-13-18(14-12-17)26(24,25)22(4)15(2)3/h6-15,19H,5H2,1-4H3,(H,21,23)/t19-/m0/s1. The molecule has 0 aliphatic rings. The zero-order chi connectivity index (χ0) is 19.3. The van der Waals surface area contributed by atoms with Gasteiger partial charge in [0.05, 0.1) is 10.8 Å². The molecule has 26 heavy (non-hydrogen) atoms. The highest BCUT2D eigenvalue weighted by Gasteiger charge is 2.23. The number of nitrogens with zero attached hydrogens (tertiary/aromatic N) is 1. The summed E-state index contributed by atoms with van der Waals surface area (Å²) in [7, 11) is -1.97. The molecule has 0 spiro atoms. The second-order valence-electron chi connectivity index (χ2n) is 6.50. The number of rotatable bonds is 7. The predicted octanol–water partition coefficient (Wildman–Crippen LogP) is 3.85. The van der Waals surface area contributed by atoms with E-state index in [9.17, 15) is 13.2 Å². The lowest BCUT2D eigenvalue weighted by Gasteiger charge is -2.21. The van der Waals surface area contributed by atoms with Crippen molar-refractivity contribution in [1.82, 2.24) is 4.31 Å². The quantitative estimate of drug-likeness (QED) is 0.800. The smallest absolute Gasteiger partial charge is 0.243 e. The lowest BCUT2D eigenvalue weighted by molar-refractivity contribution is -0.117. The largest absolute Gasteiger partial charge is 0.326 e. The molecule has 0 aliphatic heterocycles. The molecule has 0 aliphatic carbocycles. The molecule has 0 saturated heterocycles. The lowest BCUT2D eigenvalue weighted by atomic mass is 9.95. The minimum atomic E-state index is -3.53. The number of nitrogens with one attached hydrogen (secondary N) is 1. The number of benzene rings is 2. The number of hydrogen-bond donors (Lipinski definition) is 1. The van der Waals surface area contributed by atoms with E-state index in [1.807, 2.05) is 51.1 Å². The van der Waals surface area contributed by atoms with Crippen LogP contribution in [0.4, 0.5) is 5.69 Å². The average molecular weight is 375 g/mol. The van der Waals surface area contributed by atoms with Crippen molar-refractivity contribution in [2.75, 3.05) is 12.4 Å². The number of carbonyl (C=O) groups is 1. The van der Waals surface area contributed by atoms with Crippen LogP contribution in [0.15, 0.2) is 59.5 Å². The van der Waals surface area contributed by atoms with Crippen LogP contribution in [0.3, 0.4) is 0 Å². The van der Waals surface area contributed by atoms with Crippen molar-refractivity contribution in [1.29, 1.82) is 0 Å². The summed E-state index contributed by atoms with van der Waals surface area (Å²) in [5, 5.41) is 2.87. The van der Waals surface area contributed by atoms with E-state index in [4.69, 9.17) is 0 Å². The highest BCUT2D eigenvalue weighted by atomic mass is 32.2. The van der Waals surface area contributed by atoms with Gasteiger partial charge >= 0.3 is 0 Å². The molecular formula is C20H26N2O3S. The summed E-state index contributed by atoms with van der Waals surface area (Å²) in [6.45, 7) is 5.61. The Hall–Kier alpha value is -2.18. The summed E-state index contributed by atoms with van der Waals surface area (Å²) in [5.41, 5.74) is 1.54. The number of anilines is 1. The molecule has 2 aromatic rings. The molecule has 0 fully saturated rings. The summed E-state index contributed by atoms with van der Waals surface area (Å²) in [6, 6.07) is 15.8. The third-order valence-corrected chi connectivity index (χ3v) is 6.50. The molecule has 0 saturated carbocycles. The van der Waals surface area contributed by atoms with Crippen molar-refractivity contribution in [2.45, 2.75) is 44.0 Å². The Morgan fingerprint density at radius 3 is 2.12 bits per heavy atom. The molecule has 2 aromatic carbocycles. The van der Waals surface area contributed by atoms with Gasteiger partial charge in [0.15, 0.2) is 0 Å². The van der Waals surface area contributed by atoms with Crippen molar-refractivity contribution in [2.24, 2.45) is 0 Å². The van der Waals surface area contributed by atoms with Gasteiger partial charge in [0.2, 0.25) is 15.9 Å². The highest BCUT2D eigenvalue weighted by molar-refractivity contribution is 7.89. The number of sulfonamides is 1. The zero-order valence-electron chi connectivity index (χ0n) is 15.6. The average Bonchev–Trinajstić information content (AvgIpc) is 2.63. The van der Waals surface area contributed by atoms with Crippen LogP contribution in [0.2, 0.25) is 0 Å². The van der Waals surface area contributed by atoms with Crippen molar-refractivity contribution in [3.05, 3.63) is 60.2 Å². The Morgan fingerprint density at radius 2 is 1.62 bits per heavy atom. The first-order valence-corrected chi connectivity index (χ1v) is 10.1. The predicted molar refractivity (Wildman–Crippen MR) is 105 cm³/mol. The van der Waals surface area contributed by atoms with Gasteiger partial charge in [0, 0.05) is 18.8 Å². The van der Waals surface area contributed by atoms with Crippen LogP contribution < -0.4 is 5.32 Å². The van der Waals surface area contributed by atoms with E-state index < -0.39 is 10.0 Å². The van der Waals surface area contributed by atoms with Crippen LogP contribution in [0.5, 0.6) is 0 Å². The molecule has 140 valence electrons. The Morgan fingerprint density at radius 1 is 1.04 bits per heavy atom. The Bertz CT molecular complexity index is 831. The van der Waals surface area contributed by atoms with Gasteiger partial charge in [-0.1, -0.05) is 37.3 Å². The molecule has 0 bridgehead atoms. The first-order chi connectivity index (χ1) is 12.3. The summed E-state index contributed by atoms with van der Waals surface area (Å²) >= 11 is 0. The van der Waals surface area contributed by atoms with Gasteiger partial charge in [-0.05, 0) is 50.1 Å². The molecule has 1 amide bonds. The minimum Gasteiger partial charge on any atom is -0.326 e. The van der Waals surface area contributed by atoms with Gasteiger partial charge in [-0.2, -0.15) is 4.31 Å². The summed E-state index contributed by atoms with van der Waals surface area (Å²) in [6.07, 6.45) is 0.682. The maximum Gasteiger partial charge on any atom is 0.243 e. The number of amides is 1. The summed E-state index contributed by atoms with van der Waals surface area (Å²) < 4.78 is 26.3. The fraction of sp³-hybridized carbons (Fsp3) is 0.350. The second kappa shape index (κ2) is 8.47. The van der Waals surface area contributed by atoms with E-state index in [2.05, 4.69) is 5.32 Å². The van der Waals surface area contributed by atoms with Gasteiger partial charge in [0.25, 0.3) is 0 Å². The Balaban J connectivity index is 2.15. The number of hydrogen-bond acceptors (Lipinski definition) is 3. The van der Waals surface area contributed by atoms with Crippen LogP contribution >= 0.6 is 0 Å². The Labute approximate surface area is 156 Å². The molecule has 0 aromatic heterocycles. The third-order valence-electron chi connectivity index (χ3n) is 4.45. The van der Waals surface area contributed by atoms with Gasteiger partial charge < -0.3 is 5.32 Å². The van der Waals surface area contributed by atoms with Crippen LogP contribution in [0.1, 0.15) is 38.7 Å². The van der Waals surface area contributed by atoms with Crippen LogP contribution in [0, 0.1) is 0 Å². The molecule has 2 rings (SSSR count). The molecule has 0 radical (unpaired) electrons. The van der Waals surface area contributed by atoms with Crippen molar-refractivity contribution >= 4 is 21.6 Å². The molecule has 1 N–H and O–H groups in total. The van der Waals surface area contributed by atoms with E-state index in [-0.39, 0.29) is 22.8 Å². The summed E-state index contributed by atoms with van der Waals surface area (Å²) in [5.74, 6) is -0.347. The number of carbonyl (C=O) groups excluding carboxylic acids is 1. The normalized spacial score (nSPS) is 13.0. The van der Waals surface area contributed by atoms with E-state index in [1.54, 1.807) is 19.2 Å². The summed E-state index contributed by atoms with van der Waals surface area (Å²) in [4.78, 5) is 12.8. The van der Waals surface area contributed by atoms with E-state index in [1.165, 1.54) is 16.4 Å². The molecule has 0 heterocycles. The second-order valence-corrected chi connectivity index (χ2v) is 8.50. The van der Waals surface area contributed by atoms with Gasteiger partial charge in [-0.15, -0.1) is 0 Å². The maximum atomic E-state index is 12.6. The first kappa shape index (κ1) is 20.1. The van der Waals surface area contributed by atoms with E-state index >= 15 is 0 Å². The lowest BCUT2D eigenvalue weighted by Crippen LogP contribution is -2.33. The van der Waals surface area contributed by atoms with Crippen LogP contribution in [-0.2, 0) is 14.8 Å². The van der Waals surface area contributed by atoms with Crippen molar-refractivity contribution < 1.29 is 13.2 Å². The molecule has 6 heteroatoms. The molecule has 1 atom stereocenters. The highest BCUT2D eigenvalue weighted by Crippen LogP contribution is 2.23. The third kappa shape index (κ3) is 4.51. The van der Waals surface area contributed by atoms with Gasteiger partial charge in [-0.3, -0.25) is 4.79 Å². The van der Waals surface area contributed by atoms with Gasteiger partial charge in [0.1, 0.15) is 0 Å². The SMILES string of the molecule is CC[C@H](C(=O)Nc1ccc(S(=O)(=O)N(C)C(C)C)cc1)c1ccccc1. The molecule has 5 nitrogen and oxygen atoms in total. The van der Waals surface area contributed by atoms with Crippen LogP contribution in [0.25, 0.3) is 0 Å². The van der Waals surface area contributed by atoms with Crippen molar-refractivity contribution in [3.8, 4) is 0 Å². The topological polar surface area (TPSA) is 66.5 Å². The fourth-order valence-corrected chi connectivity index (χ4v) is 4.01. The fourth-order valence-electron chi connectivity index (χ4n) is 2.64. The van der Waals surface area contributed by atoms with E-state index in [0.29, 0.717) is 12.1 Å². The minimum absolute atomic E-state index is 0.103. The Kier molecular flexibility index (Phi) is 6.56. The molecular weight excluding hydrogens is 348 g/mol.